The maximum atomic E-state index is 14.0. The number of aliphatic hydroxyl groups excluding tert-OH is 1. The Kier molecular flexibility index (Phi) is 6.84. The van der Waals surface area contributed by atoms with E-state index in [1.165, 1.54) is 0 Å². The fourth-order valence-electron chi connectivity index (χ4n) is 5.91. The molecule has 3 aliphatic rings. The second kappa shape index (κ2) is 10.4. The maximum absolute atomic E-state index is 14.0. The Morgan fingerprint density at radius 2 is 1.95 bits per heavy atom. The molecular weight excluding hydrogens is 482 g/mol. The Hall–Kier alpha value is -3.37. The second-order valence-electron chi connectivity index (χ2n) is 10.8. The summed E-state index contributed by atoms with van der Waals surface area (Å²) in [5.74, 6) is 2.40. The number of carbonyl (C=O) groups excluding carboxylic acids is 1. The maximum Gasteiger partial charge on any atom is 0.258 e. The summed E-state index contributed by atoms with van der Waals surface area (Å²) >= 11 is 0. The number of hydrogen-bond donors (Lipinski definition) is 2. The van der Waals surface area contributed by atoms with Gasteiger partial charge in [0.1, 0.15) is 17.4 Å². The van der Waals surface area contributed by atoms with E-state index in [0.717, 1.165) is 81.1 Å². The Balaban J connectivity index is 1.45. The number of piperidine rings is 1. The third-order valence-corrected chi connectivity index (χ3v) is 8.06. The van der Waals surface area contributed by atoms with Gasteiger partial charge in [-0.3, -0.25) is 4.79 Å². The van der Waals surface area contributed by atoms with Gasteiger partial charge in [-0.15, -0.1) is 0 Å². The van der Waals surface area contributed by atoms with E-state index in [1.807, 2.05) is 27.6 Å². The number of anilines is 2. The molecule has 5 heterocycles. The van der Waals surface area contributed by atoms with Crippen molar-refractivity contribution in [3.8, 4) is 5.75 Å². The smallest absolute Gasteiger partial charge is 0.258 e. The first-order chi connectivity index (χ1) is 18.5. The van der Waals surface area contributed by atoms with Crippen LogP contribution in [0.25, 0.3) is 5.65 Å². The van der Waals surface area contributed by atoms with Crippen LogP contribution in [0.4, 0.5) is 11.6 Å². The van der Waals surface area contributed by atoms with Gasteiger partial charge < -0.3 is 30.3 Å². The molecule has 3 aromatic rings. The summed E-state index contributed by atoms with van der Waals surface area (Å²) in [5.41, 5.74) is 9.05. The van der Waals surface area contributed by atoms with Crippen LogP contribution in [-0.4, -0.2) is 76.4 Å². The van der Waals surface area contributed by atoms with Gasteiger partial charge in [0.2, 0.25) is 0 Å². The first-order valence-corrected chi connectivity index (χ1v) is 13.8. The standard InChI is InChI=1S/C28H37N7O3/c1-32-10-4-5-13-38-24-8-7-19(18-36)14-21(24)28(37)34-11-3-2-6-23(34)22-15-26-30-25(16-27(32)35(26)31-22)33-12-9-20(29)17-33/h7-8,14-16,20,23,36H,2-6,9-13,17-18,29H2,1H3/t20-,23?/m0/s1. The third kappa shape index (κ3) is 4.67. The highest BCUT2D eigenvalue weighted by Crippen LogP contribution is 2.35. The molecule has 10 heteroatoms. The van der Waals surface area contributed by atoms with Crippen LogP contribution in [0.2, 0.25) is 0 Å². The lowest BCUT2D eigenvalue weighted by Crippen LogP contribution is -2.39. The number of nitrogens with zero attached hydrogens (tertiary/aromatic N) is 6. The summed E-state index contributed by atoms with van der Waals surface area (Å²) in [7, 11) is 2.09. The molecule has 2 fully saturated rings. The summed E-state index contributed by atoms with van der Waals surface area (Å²) in [5, 5.41) is 14.8. The largest absolute Gasteiger partial charge is 0.493 e. The van der Waals surface area contributed by atoms with Crippen LogP contribution in [0, 0.1) is 0 Å². The Bertz CT molecular complexity index is 1330. The van der Waals surface area contributed by atoms with E-state index in [1.54, 1.807) is 6.07 Å². The van der Waals surface area contributed by atoms with E-state index in [4.69, 9.17) is 20.6 Å². The third-order valence-electron chi connectivity index (χ3n) is 8.06. The molecule has 10 nitrogen and oxygen atoms in total. The van der Waals surface area contributed by atoms with E-state index in [2.05, 4.69) is 22.9 Å². The van der Waals surface area contributed by atoms with Crippen LogP contribution in [0.5, 0.6) is 5.75 Å². The average molecular weight is 520 g/mol. The lowest BCUT2D eigenvalue weighted by atomic mass is 9.97. The van der Waals surface area contributed by atoms with Crippen molar-refractivity contribution in [2.75, 3.05) is 49.6 Å². The predicted octanol–water partition coefficient (Wildman–Crippen LogP) is 2.74. The minimum atomic E-state index is -0.157. The zero-order chi connectivity index (χ0) is 26.2. The highest BCUT2D eigenvalue weighted by Gasteiger charge is 2.33. The number of carbonyl (C=O) groups is 1. The highest BCUT2D eigenvalue weighted by molar-refractivity contribution is 5.97. The number of fused-ring (bicyclic) bond motifs is 4. The SMILES string of the molecule is CN1CCCCOc2ccc(CO)cc2C(=O)N2CCCCC2c2cc3nc(N4CC[C@H](N)C4)cc1n3n2. The molecule has 3 aliphatic heterocycles. The number of hydrogen-bond acceptors (Lipinski definition) is 8. The number of ether oxygens (including phenoxy) is 1. The summed E-state index contributed by atoms with van der Waals surface area (Å²) < 4.78 is 8.06. The Morgan fingerprint density at radius 3 is 2.76 bits per heavy atom. The molecular formula is C28H37N7O3. The van der Waals surface area contributed by atoms with Crippen molar-refractivity contribution in [3.05, 3.63) is 47.2 Å². The minimum absolute atomic E-state index is 0.0797. The van der Waals surface area contributed by atoms with Crippen LogP contribution in [0.15, 0.2) is 30.3 Å². The van der Waals surface area contributed by atoms with E-state index >= 15 is 0 Å². The Morgan fingerprint density at radius 1 is 1.08 bits per heavy atom. The number of rotatable bonds is 2. The van der Waals surface area contributed by atoms with Gasteiger partial charge in [0, 0.05) is 51.4 Å². The number of amides is 1. The van der Waals surface area contributed by atoms with E-state index in [9.17, 15) is 9.90 Å². The molecule has 0 aliphatic carbocycles. The number of aliphatic hydroxyl groups is 1. The normalized spacial score (nSPS) is 22.7. The first kappa shape index (κ1) is 24.9. The van der Waals surface area contributed by atoms with E-state index < -0.39 is 0 Å². The van der Waals surface area contributed by atoms with Crippen molar-refractivity contribution < 1.29 is 14.6 Å². The average Bonchev–Trinajstić information content (AvgIpc) is 3.57. The van der Waals surface area contributed by atoms with E-state index in [0.29, 0.717) is 30.0 Å². The predicted molar refractivity (Wildman–Crippen MR) is 146 cm³/mol. The molecule has 0 radical (unpaired) electrons. The van der Waals surface area contributed by atoms with Crippen LogP contribution in [-0.2, 0) is 6.61 Å². The van der Waals surface area contributed by atoms with Gasteiger partial charge >= 0.3 is 0 Å². The topological polar surface area (TPSA) is 112 Å². The molecule has 2 saturated heterocycles. The molecule has 2 bridgehead atoms. The molecule has 0 spiro atoms. The first-order valence-electron chi connectivity index (χ1n) is 13.8. The quantitative estimate of drug-likeness (QED) is 0.532. The van der Waals surface area contributed by atoms with Crippen LogP contribution < -0.4 is 20.3 Å². The van der Waals surface area contributed by atoms with Crippen LogP contribution in [0.3, 0.4) is 0 Å². The summed E-state index contributed by atoms with van der Waals surface area (Å²) in [6, 6.07) is 9.57. The zero-order valence-electron chi connectivity index (χ0n) is 22.1. The lowest BCUT2D eigenvalue weighted by Gasteiger charge is -2.35. The zero-order valence-corrected chi connectivity index (χ0v) is 22.1. The van der Waals surface area contributed by atoms with Gasteiger partial charge in [0.25, 0.3) is 5.91 Å². The molecule has 202 valence electrons. The second-order valence-corrected chi connectivity index (χ2v) is 10.8. The summed E-state index contributed by atoms with van der Waals surface area (Å²) in [6.45, 7) is 3.57. The number of nitrogens with two attached hydrogens (primary N) is 1. The van der Waals surface area contributed by atoms with Crippen molar-refractivity contribution in [3.63, 3.8) is 0 Å². The highest BCUT2D eigenvalue weighted by atomic mass is 16.5. The van der Waals surface area contributed by atoms with Crippen molar-refractivity contribution in [1.29, 1.82) is 0 Å². The number of benzene rings is 1. The van der Waals surface area contributed by atoms with Crippen molar-refractivity contribution >= 4 is 23.2 Å². The van der Waals surface area contributed by atoms with Gasteiger partial charge in [-0.05, 0) is 56.2 Å². The molecule has 2 aromatic heterocycles. The van der Waals surface area contributed by atoms with Gasteiger partial charge in [0.05, 0.1) is 30.5 Å². The molecule has 0 saturated carbocycles. The molecule has 38 heavy (non-hydrogen) atoms. The van der Waals surface area contributed by atoms with Crippen LogP contribution >= 0.6 is 0 Å². The van der Waals surface area contributed by atoms with Gasteiger partial charge in [-0.25, -0.2) is 4.98 Å². The van der Waals surface area contributed by atoms with Gasteiger partial charge in [0.15, 0.2) is 5.65 Å². The monoisotopic (exact) mass is 519 g/mol. The summed E-state index contributed by atoms with van der Waals surface area (Å²) in [4.78, 5) is 25.4. The number of aromatic nitrogens is 3. The fourth-order valence-corrected chi connectivity index (χ4v) is 5.91. The van der Waals surface area contributed by atoms with Crippen molar-refractivity contribution in [2.45, 2.75) is 57.2 Å². The molecule has 1 aromatic carbocycles. The van der Waals surface area contributed by atoms with Gasteiger partial charge in [-0.1, -0.05) is 6.07 Å². The molecule has 6 rings (SSSR count). The van der Waals surface area contributed by atoms with Crippen LogP contribution in [0.1, 0.15) is 66.2 Å². The fraction of sp³-hybridized carbons (Fsp3) is 0.536. The lowest BCUT2D eigenvalue weighted by molar-refractivity contribution is 0.0601. The molecule has 3 N–H and O–H groups in total. The van der Waals surface area contributed by atoms with Crippen molar-refractivity contribution in [1.82, 2.24) is 19.5 Å². The molecule has 2 atom stereocenters. The molecule has 1 amide bonds. The Labute approximate surface area is 223 Å². The van der Waals surface area contributed by atoms with E-state index in [-0.39, 0.29) is 24.6 Å². The molecule has 1 unspecified atom stereocenters. The summed E-state index contributed by atoms with van der Waals surface area (Å²) in [6.07, 6.45) is 5.53. The van der Waals surface area contributed by atoms with Crippen molar-refractivity contribution in [2.24, 2.45) is 5.73 Å². The minimum Gasteiger partial charge on any atom is -0.493 e. The van der Waals surface area contributed by atoms with Gasteiger partial charge in [-0.2, -0.15) is 9.61 Å².